The minimum atomic E-state index is -0.298. The van der Waals surface area contributed by atoms with E-state index in [1.54, 1.807) is 6.92 Å². The van der Waals surface area contributed by atoms with Gasteiger partial charge < -0.3 is 14.5 Å². The molecule has 1 unspecified atom stereocenters. The van der Waals surface area contributed by atoms with Crippen LogP contribution in [0.3, 0.4) is 0 Å². The van der Waals surface area contributed by atoms with E-state index in [-0.39, 0.29) is 24.3 Å². The molecule has 130 valence electrons. The van der Waals surface area contributed by atoms with Crippen LogP contribution in [0.1, 0.15) is 54.8 Å². The molecule has 0 aliphatic heterocycles. The van der Waals surface area contributed by atoms with Crippen LogP contribution in [-0.2, 0) is 9.53 Å². The number of hydrogen-bond acceptors (Lipinski definition) is 4. The molecule has 0 spiro atoms. The Kier molecular flexibility index (Phi) is 6.01. The second-order valence-electron chi connectivity index (χ2n) is 6.02. The number of carbonyl (C=O) groups is 2. The molecule has 0 bridgehead atoms. The monoisotopic (exact) mass is 331 g/mol. The summed E-state index contributed by atoms with van der Waals surface area (Å²) in [5, 5.41) is 3.85. The Balaban J connectivity index is 2.17. The smallest absolute Gasteiger partial charge is 0.307 e. The molecule has 1 aromatic carbocycles. The Morgan fingerprint density at radius 3 is 2.67 bits per heavy atom. The van der Waals surface area contributed by atoms with Gasteiger partial charge in [-0.3, -0.25) is 9.59 Å². The lowest BCUT2D eigenvalue weighted by atomic mass is 10.1. The lowest BCUT2D eigenvalue weighted by Crippen LogP contribution is -2.37. The number of aryl methyl sites for hydroxylation is 2. The zero-order chi connectivity index (χ0) is 17.7. The standard InChI is InChI=1S/C19H25NO4/c1-5-7-14(11-17(21)23-6-2)20-19(22)18-13(4)15-10-12(3)8-9-16(15)24-18/h8-10,14H,5-7,11H2,1-4H3,(H,20,22). The number of carbonyl (C=O) groups excluding carboxylic acids is 2. The predicted molar refractivity (Wildman–Crippen MR) is 93.1 cm³/mol. The number of nitrogens with one attached hydrogen (secondary N) is 1. The fraction of sp³-hybridized carbons (Fsp3) is 0.474. The van der Waals surface area contributed by atoms with Crippen LogP contribution in [0.25, 0.3) is 11.0 Å². The molecular formula is C19H25NO4. The summed E-state index contributed by atoms with van der Waals surface area (Å²) in [4.78, 5) is 24.3. The quantitative estimate of drug-likeness (QED) is 0.781. The summed E-state index contributed by atoms with van der Waals surface area (Å²) in [6, 6.07) is 5.58. The largest absolute Gasteiger partial charge is 0.466 e. The van der Waals surface area contributed by atoms with Crippen molar-refractivity contribution < 1.29 is 18.7 Å². The van der Waals surface area contributed by atoms with Crippen LogP contribution in [0.4, 0.5) is 0 Å². The summed E-state index contributed by atoms with van der Waals surface area (Å²) < 4.78 is 10.7. The summed E-state index contributed by atoms with van der Waals surface area (Å²) >= 11 is 0. The van der Waals surface area contributed by atoms with E-state index in [2.05, 4.69) is 5.32 Å². The lowest BCUT2D eigenvalue weighted by molar-refractivity contribution is -0.143. The third-order valence-corrected chi connectivity index (χ3v) is 3.99. The maximum absolute atomic E-state index is 12.6. The van der Waals surface area contributed by atoms with Crippen molar-refractivity contribution in [1.82, 2.24) is 5.32 Å². The van der Waals surface area contributed by atoms with Crippen molar-refractivity contribution in [1.29, 1.82) is 0 Å². The number of esters is 1. The molecule has 5 heteroatoms. The van der Waals surface area contributed by atoms with Gasteiger partial charge >= 0.3 is 5.97 Å². The molecule has 1 atom stereocenters. The highest BCUT2D eigenvalue weighted by molar-refractivity contribution is 5.99. The molecule has 1 heterocycles. The van der Waals surface area contributed by atoms with Gasteiger partial charge in [-0.2, -0.15) is 0 Å². The third-order valence-electron chi connectivity index (χ3n) is 3.99. The maximum Gasteiger partial charge on any atom is 0.307 e. The summed E-state index contributed by atoms with van der Waals surface area (Å²) in [7, 11) is 0. The maximum atomic E-state index is 12.6. The molecular weight excluding hydrogens is 306 g/mol. The van der Waals surface area contributed by atoms with Gasteiger partial charge in [0.1, 0.15) is 5.58 Å². The fourth-order valence-corrected chi connectivity index (χ4v) is 2.80. The van der Waals surface area contributed by atoms with Crippen molar-refractivity contribution in [3.63, 3.8) is 0 Å². The van der Waals surface area contributed by atoms with Crippen molar-refractivity contribution >= 4 is 22.8 Å². The van der Waals surface area contributed by atoms with Crippen LogP contribution in [0.15, 0.2) is 22.6 Å². The van der Waals surface area contributed by atoms with E-state index < -0.39 is 0 Å². The Hall–Kier alpha value is -2.30. The Morgan fingerprint density at radius 1 is 1.25 bits per heavy atom. The predicted octanol–water partition coefficient (Wildman–Crippen LogP) is 3.90. The first-order valence-corrected chi connectivity index (χ1v) is 8.42. The molecule has 0 aliphatic rings. The van der Waals surface area contributed by atoms with Gasteiger partial charge in [-0.25, -0.2) is 0 Å². The zero-order valence-electron chi connectivity index (χ0n) is 14.8. The summed E-state index contributed by atoms with van der Waals surface area (Å²) in [6.45, 7) is 8.00. The molecule has 24 heavy (non-hydrogen) atoms. The Bertz CT molecular complexity index is 732. The number of hydrogen-bond donors (Lipinski definition) is 1. The van der Waals surface area contributed by atoms with Crippen LogP contribution < -0.4 is 5.32 Å². The minimum absolute atomic E-state index is 0.172. The molecule has 5 nitrogen and oxygen atoms in total. The third kappa shape index (κ3) is 4.16. The number of ether oxygens (including phenoxy) is 1. The highest BCUT2D eigenvalue weighted by atomic mass is 16.5. The molecule has 0 aliphatic carbocycles. The van der Waals surface area contributed by atoms with Crippen molar-refractivity contribution in [2.45, 2.75) is 53.0 Å². The topological polar surface area (TPSA) is 68.5 Å². The molecule has 0 fully saturated rings. The van der Waals surface area contributed by atoms with Crippen molar-refractivity contribution in [3.8, 4) is 0 Å². The summed E-state index contributed by atoms with van der Waals surface area (Å²) in [6.07, 6.45) is 1.75. The molecule has 0 radical (unpaired) electrons. The molecule has 2 aromatic rings. The minimum Gasteiger partial charge on any atom is -0.466 e. The molecule has 0 saturated heterocycles. The van der Waals surface area contributed by atoms with E-state index in [9.17, 15) is 9.59 Å². The van der Waals surface area contributed by atoms with Gasteiger partial charge in [0.2, 0.25) is 0 Å². The average molecular weight is 331 g/mol. The van der Waals surface area contributed by atoms with E-state index in [1.165, 1.54) is 0 Å². The first-order valence-electron chi connectivity index (χ1n) is 8.42. The zero-order valence-corrected chi connectivity index (χ0v) is 14.8. The highest BCUT2D eigenvalue weighted by Gasteiger charge is 2.22. The van der Waals surface area contributed by atoms with Crippen molar-refractivity contribution in [2.24, 2.45) is 0 Å². The van der Waals surface area contributed by atoms with Gasteiger partial charge in [-0.15, -0.1) is 0 Å². The summed E-state index contributed by atoms with van der Waals surface area (Å²) in [5.41, 5.74) is 2.63. The molecule has 1 aromatic heterocycles. The number of rotatable bonds is 7. The molecule has 0 saturated carbocycles. The van der Waals surface area contributed by atoms with Crippen LogP contribution in [0.5, 0.6) is 0 Å². The van der Waals surface area contributed by atoms with Crippen molar-refractivity contribution in [2.75, 3.05) is 6.61 Å². The average Bonchev–Trinajstić information content (AvgIpc) is 2.84. The van der Waals surface area contributed by atoms with Crippen LogP contribution in [0.2, 0.25) is 0 Å². The van der Waals surface area contributed by atoms with Crippen LogP contribution in [-0.4, -0.2) is 24.5 Å². The van der Waals surface area contributed by atoms with Crippen molar-refractivity contribution in [3.05, 3.63) is 35.1 Å². The fourth-order valence-electron chi connectivity index (χ4n) is 2.80. The van der Waals surface area contributed by atoms with Crippen LogP contribution >= 0.6 is 0 Å². The van der Waals surface area contributed by atoms with E-state index in [0.717, 1.165) is 22.9 Å². The van der Waals surface area contributed by atoms with E-state index in [1.807, 2.05) is 39.0 Å². The molecule has 2 rings (SSSR count). The lowest BCUT2D eigenvalue weighted by Gasteiger charge is -2.16. The normalized spacial score (nSPS) is 12.2. The Morgan fingerprint density at radius 2 is 2.00 bits per heavy atom. The summed E-state index contributed by atoms with van der Waals surface area (Å²) in [5.74, 6) is -0.280. The second-order valence-corrected chi connectivity index (χ2v) is 6.02. The van der Waals surface area contributed by atoms with Gasteiger partial charge in [-0.1, -0.05) is 25.0 Å². The van der Waals surface area contributed by atoms with Crippen LogP contribution in [0, 0.1) is 13.8 Å². The molecule has 1 amide bonds. The van der Waals surface area contributed by atoms with Gasteiger partial charge in [-0.05, 0) is 39.3 Å². The van der Waals surface area contributed by atoms with Gasteiger partial charge in [0, 0.05) is 17.0 Å². The number of benzene rings is 1. The number of amides is 1. The highest BCUT2D eigenvalue weighted by Crippen LogP contribution is 2.26. The number of fused-ring (bicyclic) bond motifs is 1. The first-order chi connectivity index (χ1) is 11.5. The van der Waals surface area contributed by atoms with E-state index in [0.29, 0.717) is 24.4 Å². The second kappa shape index (κ2) is 7.99. The SMILES string of the molecule is CCCC(CC(=O)OCC)NC(=O)c1oc2ccc(C)cc2c1C. The molecule has 1 N–H and O–H groups in total. The van der Waals surface area contributed by atoms with Gasteiger partial charge in [0.05, 0.1) is 13.0 Å². The Labute approximate surface area is 142 Å². The van der Waals surface area contributed by atoms with Gasteiger partial charge in [0.25, 0.3) is 5.91 Å². The number of furan rings is 1. The van der Waals surface area contributed by atoms with Gasteiger partial charge in [0.15, 0.2) is 5.76 Å². The van der Waals surface area contributed by atoms with E-state index in [4.69, 9.17) is 9.15 Å². The first kappa shape index (κ1) is 18.0. The van der Waals surface area contributed by atoms with E-state index >= 15 is 0 Å².